The van der Waals surface area contributed by atoms with Gasteiger partial charge in [-0.1, -0.05) is 12.1 Å². The summed E-state index contributed by atoms with van der Waals surface area (Å²) in [7, 11) is -4.64. The van der Waals surface area contributed by atoms with Gasteiger partial charge in [0.25, 0.3) is 0 Å². The van der Waals surface area contributed by atoms with E-state index in [1.165, 1.54) is 12.1 Å². The number of nitrogens with zero attached hydrogens (tertiary/aromatic N) is 2. The van der Waals surface area contributed by atoms with E-state index >= 15 is 0 Å². The van der Waals surface area contributed by atoms with Crippen LogP contribution in [0.1, 0.15) is 5.69 Å². The summed E-state index contributed by atoms with van der Waals surface area (Å²) in [5, 5.41) is 7.54. The van der Waals surface area contributed by atoms with Gasteiger partial charge in [0.1, 0.15) is 0 Å². The lowest BCUT2D eigenvalue weighted by Gasteiger charge is -2.16. The van der Waals surface area contributed by atoms with Gasteiger partial charge in [-0.15, -0.1) is 3.89 Å². The minimum atomic E-state index is -4.64. The highest BCUT2D eigenvalue weighted by atomic mass is 32.3. The number of rotatable bonds is 2. The molecular weight excluding hydrogens is 269 g/mol. The highest BCUT2D eigenvalue weighted by Crippen LogP contribution is 2.26. The molecule has 0 spiro atoms. The summed E-state index contributed by atoms with van der Waals surface area (Å²) >= 11 is 0. The van der Waals surface area contributed by atoms with Crippen molar-refractivity contribution in [3.63, 3.8) is 0 Å². The van der Waals surface area contributed by atoms with Gasteiger partial charge in [-0.2, -0.15) is 13.5 Å². The fraction of sp³-hybridized carbons (Fsp3) is 0.250. The quantitative estimate of drug-likeness (QED) is 0.843. The van der Waals surface area contributed by atoms with Crippen LogP contribution in [0.3, 0.4) is 0 Å². The summed E-state index contributed by atoms with van der Waals surface area (Å²) in [6.07, 6.45) is 1.75. The molecule has 1 aliphatic rings. The maximum absolute atomic E-state index is 12.8. The summed E-state index contributed by atoms with van der Waals surface area (Å²) < 4.78 is 36.3. The molecule has 0 fully saturated rings. The minimum Gasteiger partial charge on any atom is -0.309 e. The van der Waals surface area contributed by atoms with Crippen molar-refractivity contribution in [2.75, 3.05) is 6.54 Å². The average Bonchev–Trinajstić information content (AvgIpc) is 2.82. The van der Waals surface area contributed by atoms with E-state index in [1.807, 2.05) is 4.68 Å². The van der Waals surface area contributed by atoms with Crippen LogP contribution < -0.4 is 5.32 Å². The Labute approximate surface area is 110 Å². The fourth-order valence-electron chi connectivity index (χ4n) is 2.22. The van der Waals surface area contributed by atoms with Crippen molar-refractivity contribution in [1.82, 2.24) is 15.1 Å². The van der Waals surface area contributed by atoms with Gasteiger partial charge < -0.3 is 5.32 Å². The molecule has 2 aromatic rings. The first-order valence-electron chi connectivity index (χ1n) is 5.86. The summed E-state index contributed by atoms with van der Waals surface area (Å²) in [5.41, 5.74) is 2.83. The fourth-order valence-corrected chi connectivity index (χ4v) is 2.68. The molecule has 1 aliphatic heterocycles. The van der Waals surface area contributed by atoms with Gasteiger partial charge in [0.2, 0.25) is 0 Å². The van der Waals surface area contributed by atoms with Crippen molar-refractivity contribution >= 4 is 10.2 Å². The van der Waals surface area contributed by atoms with E-state index in [0.29, 0.717) is 0 Å². The molecular formula is C12H12FN3O2S. The van der Waals surface area contributed by atoms with Gasteiger partial charge in [0.05, 0.1) is 23.3 Å². The largest absolute Gasteiger partial charge is 0.332 e. The molecule has 0 unspecified atom stereocenters. The van der Waals surface area contributed by atoms with Crippen LogP contribution in [0.2, 0.25) is 0 Å². The van der Waals surface area contributed by atoms with Crippen LogP contribution in [-0.4, -0.2) is 24.7 Å². The summed E-state index contributed by atoms with van der Waals surface area (Å²) in [6.45, 7) is 2.41. The third kappa shape index (κ3) is 2.26. The van der Waals surface area contributed by atoms with Gasteiger partial charge in [-0.05, 0) is 17.7 Å². The predicted molar refractivity (Wildman–Crippen MR) is 67.7 cm³/mol. The van der Waals surface area contributed by atoms with Crippen molar-refractivity contribution in [1.29, 1.82) is 0 Å². The zero-order valence-electron chi connectivity index (χ0n) is 10.0. The van der Waals surface area contributed by atoms with Gasteiger partial charge in [0, 0.05) is 18.7 Å². The first-order valence-corrected chi connectivity index (χ1v) is 7.24. The molecule has 0 saturated heterocycles. The molecule has 0 atom stereocenters. The molecule has 0 saturated carbocycles. The van der Waals surface area contributed by atoms with E-state index in [0.717, 1.165) is 36.5 Å². The van der Waals surface area contributed by atoms with E-state index in [1.54, 1.807) is 18.3 Å². The Balaban J connectivity index is 2.01. The summed E-state index contributed by atoms with van der Waals surface area (Å²) in [5.74, 6) is 0. The highest BCUT2D eigenvalue weighted by molar-refractivity contribution is 7.86. The number of hydrogen-bond donors (Lipinski definition) is 1. The Morgan fingerprint density at radius 2 is 2.00 bits per heavy atom. The van der Waals surface area contributed by atoms with E-state index in [9.17, 15) is 12.3 Å². The Morgan fingerprint density at radius 3 is 2.68 bits per heavy atom. The smallest absolute Gasteiger partial charge is 0.309 e. The van der Waals surface area contributed by atoms with Crippen LogP contribution in [0.4, 0.5) is 3.89 Å². The second-order valence-electron chi connectivity index (χ2n) is 4.37. The summed E-state index contributed by atoms with van der Waals surface area (Å²) in [4.78, 5) is -0.324. The lowest BCUT2D eigenvalue weighted by molar-refractivity contribution is 0.476. The molecule has 0 bridgehead atoms. The van der Waals surface area contributed by atoms with E-state index in [4.69, 9.17) is 0 Å². The van der Waals surface area contributed by atoms with E-state index < -0.39 is 10.2 Å². The highest BCUT2D eigenvalue weighted by Gasteiger charge is 2.17. The van der Waals surface area contributed by atoms with Gasteiger partial charge in [0.15, 0.2) is 0 Å². The van der Waals surface area contributed by atoms with Crippen molar-refractivity contribution in [2.45, 2.75) is 18.0 Å². The molecule has 7 heteroatoms. The Bertz CT molecular complexity index is 707. The Morgan fingerprint density at radius 1 is 1.26 bits per heavy atom. The number of nitrogens with one attached hydrogen (secondary N) is 1. The topological polar surface area (TPSA) is 64.0 Å². The first-order chi connectivity index (χ1) is 9.05. The van der Waals surface area contributed by atoms with Crippen LogP contribution in [0.25, 0.3) is 11.1 Å². The lowest BCUT2D eigenvalue weighted by atomic mass is 10.1. The second-order valence-corrected chi connectivity index (χ2v) is 5.71. The number of fused-ring (bicyclic) bond motifs is 1. The summed E-state index contributed by atoms with van der Waals surface area (Å²) in [6, 6.07) is 5.73. The van der Waals surface area contributed by atoms with Crippen LogP contribution in [0.5, 0.6) is 0 Å². The molecule has 1 aromatic heterocycles. The number of halogens is 1. The lowest BCUT2D eigenvalue weighted by Crippen LogP contribution is -2.28. The third-order valence-corrected chi connectivity index (χ3v) is 4.02. The minimum absolute atomic E-state index is 0.324. The molecule has 2 heterocycles. The number of benzene rings is 1. The SMILES string of the molecule is O=S(=O)(F)c1ccc(-c2cnn3c2CNCC3)cc1. The van der Waals surface area contributed by atoms with Gasteiger partial charge >= 0.3 is 10.2 Å². The number of aromatic nitrogens is 2. The molecule has 5 nitrogen and oxygen atoms in total. The average molecular weight is 281 g/mol. The molecule has 3 rings (SSSR count). The van der Waals surface area contributed by atoms with Crippen LogP contribution >= 0.6 is 0 Å². The maximum Gasteiger partial charge on any atom is 0.332 e. The van der Waals surface area contributed by atoms with Crippen LogP contribution in [0, 0.1) is 0 Å². The molecule has 1 N–H and O–H groups in total. The van der Waals surface area contributed by atoms with Crippen molar-refractivity contribution < 1.29 is 12.3 Å². The predicted octanol–water partition coefficient (Wildman–Crippen LogP) is 1.31. The van der Waals surface area contributed by atoms with Crippen molar-refractivity contribution in [3.05, 3.63) is 36.2 Å². The molecule has 0 aliphatic carbocycles. The van der Waals surface area contributed by atoms with Crippen molar-refractivity contribution in [3.8, 4) is 11.1 Å². The second kappa shape index (κ2) is 4.43. The normalized spacial score (nSPS) is 15.2. The first kappa shape index (κ1) is 12.3. The van der Waals surface area contributed by atoms with E-state index in [2.05, 4.69) is 10.4 Å². The van der Waals surface area contributed by atoms with Crippen molar-refractivity contribution in [2.24, 2.45) is 0 Å². The zero-order chi connectivity index (χ0) is 13.5. The Hall–Kier alpha value is -1.73. The zero-order valence-corrected chi connectivity index (χ0v) is 10.8. The molecule has 0 radical (unpaired) electrons. The van der Waals surface area contributed by atoms with Crippen LogP contribution in [-0.2, 0) is 23.3 Å². The molecule has 1 aromatic carbocycles. The van der Waals surface area contributed by atoms with E-state index in [-0.39, 0.29) is 4.90 Å². The molecule has 100 valence electrons. The number of hydrogen-bond acceptors (Lipinski definition) is 4. The van der Waals surface area contributed by atoms with Crippen LogP contribution in [0.15, 0.2) is 35.4 Å². The maximum atomic E-state index is 12.8. The molecule has 19 heavy (non-hydrogen) atoms. The Kier molecular flexibility index (Phi) is 2.87. The molecule has 0 amide bonds. The van der Waals surface area contributed by atoms with Gasteiger partial charge in [-0.25, -0.2) is 0 Å². The third-order valence-electron chi connectivity index (χ3n) is 3.19. The standard InChI is InChI=1S/C12H12FN3O2S/c13-19(17,18)10-3-1-9(2-4-10)11-7-15-16-6-5-14-8-12(11)16/h1-4,7,14H,5-6,8H2. The van der Waals surface area contributed by atoms with Gasteiger partial charge in [-0.3, -0.25) is 4.68 Å². The monoisotopic (exact) mass is 281 g/mol.